The van der Waals surface area contributed by atoms with Crippen LogP contribution in [0.3, 0.4) is 0 Å². The number of nitrogens with two attached hydrogens (primary N) is 1. The van der Waals surface area contributed by atoms with Crippen molar-refractivity contribution in [1.82, 2.24) is 4.90 Å². The molecule has 1 heterocycles. The van der Waals surface area contributed by atoms with E-state index in [9.17, 15) is 0 Å². The smallest absolute Gasteiger partial charge is 0.0478 e. The average molecular weight is 238 g/mol. The Morgan fingerprint density at radius 2 is 2.19 bits per heavy atom. The predicted molar refractivity (Wildman–Crippen MR) is 70.8 cm³/mol. The first-order chi connectivity index (χ1) is 7.83. The summed E-state index contributed by atoms with van der Waals surface area (Å²) in [5.41, 5.74) is 7.32. The molecule has 1 saturated carbocycles. The molecule has 1 atom stereocenters. The summed E-state index contributed by atoms with van der Waals surface area (Å²) in [5, 5.41) is 4.38. The van der Waals surface area contributed by atoms with Crippen molar-refractivity contribution < 1.29 is 0 Å². The van der Waals surface area contributed by atoms with Crippen LogP contribution in [0.2, 0.25) is 0 Å². The molecule has 1 unspecified atom stereocenters. The van der Waals surface area contributed by atoms with Gasteiger partial charge in [-0.1, -0.05) is 19.3 Å². The SMILES string of the molecule is CN(C1CCCCC1)C(CN)c1ccsc1. The molecular formula is C13H22N2S. The molecule has 0 spiro atoms. The minimum absolute atomic E-state index is 0.411. The van der Waals surface area contributed by atoms with Crippen molar-refractivity contribution in [3.05, 3.63) is 22.4 Å². The minimum atomic E-state index is 0.411. The summed E-state index contributed by atoms with van der Waals surface area (Å²) < 4.78 is 0. The maximum atomic E-state index is 5.93. The second kappa shape index (κ2) is 5.80. The maximum Gasteiger partial charge on any atom is 0.0478 e. The molecule has 0 radical (unpaired) electrons. The van der Waals surface area contributed by atoms with Gasteiger partial charge >= 0.3 is 0 Å². The lowest BCUT2D eigenvalue weighted by atomic mass is 9.93. The first kappa shape index (κ1) is 12.1. The Morgan fingerprint density at radius 1 is 1.44 bits per heavy atom. The van der Waals surface area contributed by atoms with Gasteiger partial charge in [0.25, 0.3) is 0 Å². The van der Waals surface area contributed by atoms with Gasteiger partial charge in [0.2, 0.25) is 0 Å². The summed E-state index contributed by atoms with van der Waals surface area (Å²) in [6.07, 6.45) is 6.87. The number of likely N-dealkylation sites (N-methyl/N-ethyl adjacent to an activating group) is 1. The van der Waals surface area contributed by atoms with Gasteiger partial charge in [0.15, 0.2) is 0 Å². The fourth-order valence-electron chi connectivity index (χ4n) is 2.74. The van der Waals surface area contributed by atoms with Gasteiger partial charge < -0.3 is 5.73 Å². The summed E-state index contributed by atoms with van der Waals surface area (Å²) in [6, 6.07) is 3.36. The van der Waals surface area contributed by atoms with Crippen LogP contribution in [0.1, 0.15) is 43.7 Å². The summed E-state index contributed by atoms with van der Waals surface area (Å²) in [7, 11) is 2.24. The van der Waals surface area contributed by atoms with Crippen molar-refractivity contribution in [1.29, 1.82) is 0 Å². The number of thiophene rings is 1. The van der Waals surface area contributed by atoms with Gasteiger partial charge in [0.05, 0.1) is 0 Å². The molecule has 1 aromatic rings. The van der Waals surface area contributed by atoms with E-state index in [1.165, 1.54) is 37.7 Å². The minimum Gasteiger partial charge on any atom is -0.329 e. The zero-order chi connectivity index (χ0) is 11.4. The molecular weight excluding hydrogens is 216 g/mol. The van der Waals surface area contributed by atoms with Crippen molar-refractivity contribution in [3.8, 4) is 0 Å². The fraction of sp³-hybridized carbons (Fsp3) is 0.692. The van der Waals surface area contributed by atoms with Gasteiger partial charge in [-0.3, -0.25) is 4.90 Å². The van der Waals surface area contributed by atoms with E-state index in [0.29, 0.717) is 6.04 Å². The Balaban J connectivity index is 2.02. The van der Waals surface area contributed by atoms with E-state index in [2.05, 4.69) is 28.8 Å². The van der Waals surface area contributed by atoms with Crippen molar-refractivity contribution in [3.63, 3.8) is 0 Å². The van der Waals surface area contributed by atoms with Crippen LogP contribution in [0.4, 0.5) is 0 Å². The second-order valence-corrected chi connectivity index (χ2v) is 5.55. The van der Waals surface area contributed by atoms with Gasteiger partial charge in [0, 0.05) is 18.6 Å². The van der Waals surface area contributed by atoms with E-state index in [4.69, 9.17) is 5.73 Å². The standard InChI is InChI=1S/C13H22N2S/c1-15(12-5-3-2-4-6-12)13(9-14)11-7-8-16-10-11/h7-8,10,12-13H,2-6,9,14H2,1H3. The average Bonchev–Trinajstić information content (AvgIpc) is 2.85. The Labute approximate surface area is 102 Å². The van der Waals surface area contributed by atoms with Gasteiger partial charge in [-0.25, -0.2) is 0 Å². The van der Waals surface area contributed by atoms with Crippen molar-refractivity contribution >= 4 is 11.3 Å². The van der Waals surface area contributed by atoms with Crippen LogP contribution in [0, 0.1) is 0 Å². The topological polar surface area (TPSA) is 29.3 Å². The summed E-state index contributed by atoms with van der Waals surface area (Å²) >= 11 is 1.77. The second-order valence-electron chi connectivity index (χ2n) is 4.77. The molecule has 90 valence electrons. The number of nitrogens with zero attached hydrogens (tertiary/aromatic N) is 1. The van der Waals surface area contributed by atoms with Crippen molar-refractivity contribution in [2.24, 2.45) is 5.73 Å². The highest BCUT2D eigenvalue weighted by atomic mass is 32.1. The molecule has 0 saturated heterocycles. The Morgan fingerprint density at radius 3 is 2.75 bits per heavy atom. The lowest BCUT2D eigenvalue weighted by Crippen LogP contribution is -2.39. The van der Waals surface area contributed by atoms with Gasteiger partial charge in [-0.05, 0) is 42.3 Å². The molecule has 2 rings (SSSR count). The van der Waals surface area contributed by atoms with Crippen LogP contribution in [0.5, 0.6) is 0 Å². The maximum absolute atomic E-state index is 5.93. The van der Waals surface area contributed by atoms with Crippen LogP contribution in [-0.2, 0) is 0 Å². The molecule has 0 bridgehead atoms. The Bertz CT molecular complexity index is 291. The first-order valence-electron chi connectivity index (χ1n) is 6.27. The van der Waals surface area contributed by atoms with Crippen LogP contribution in [0.15, 0.2) is 16.8 Å². The third kappa shape index (κ3) is 2.65. The third-order valence-corrected chi connectivity index (χ3v) is 4.49. The van der Waals surface area contributed by atoms with Crippen LogP contribution in [0.25, 0.3) is 0 Å². The van der Waals surface area contributed by atoms with Gasteiger partial charge in [-0.2, -0.15) is 11.3 Å². The lowest BCUT2D eigenvalue weighted by molar-refractivity contribution is 0.141. The molecule has 1 fully saturated rings. The number of hydrogen-bond donors (Lipinski definition) is 1. The Kier molecular flexibility index (Phi) is 4.38. The molecule has 3 heteroatoms. The molecule has 1 aliphatic rings. The van der Waals surface area contributed by atoms with E-state index in [1.807, 2.05) is 0 Å². The van der Waals surface area contributed by atoms with E-state index in [0.717, 1.165) is 12.6 Å². The van der Waals surface area contributed by atoms with E-state index in [-0.39, 0.29) is 0 Å². The monoisotopic (exact) mass is 238 g/mol. The van der Waals surface area contributed by atoms with Crippen LogP contribution >= 0.6 is 11.3 Å². The van der Waals surface area contributed by atoms with Crippen molar-refractivity contribution in [2.75, 3.05) is 13.6 Å². The van der Waals surface area contributed by atoms with Crippen molar-refractivity contribution in [2.45, 2.75) is 44.2 Å². The summed E-state index contributed by atoms with van der Waals surface area (Å²) in [5.74, 6) is 0. The molecule has 0 aromatic carbocycles. The largest absolute Gasteiger partial charge is 0.329 e. The summed E-state index contributed by atoms with van der Waals surface area (Å²) in [6.45, 7) is 0.726. The normalized spacial score (nSPS) is 20.2. The van der Waals surface area contributed by atoms with E-state index in [1.54, 1.807) is 11.3 Å². The fourth-order valence-corrected chi connectivity index (χ4v) is 3.45. The molecule has 16 heavy (non-hydrogen) atoms. The number of hydrogen-bond acceptors (Lipinski definition) is 3. The number of rotatable bonds is 4. The van der Waals surface area contributed by atoms with Gasteiger partial charge in [-0.15, -0.1) is 0 Å². The van der Waals surface area contributed by atoms with E-state index >= 15 is 0 Å². The highest BCUT2D eigenvalue weighted by Crippen LogP contribution is 2.29. The predicted octanol–water partition coefficient (Wildman–Crippen LogP) is 3.01. The molecule has 2 nitrogen and oxygen atoms in total. The molecule has 0 aliphatic heterocycles. The molecule has 1 aromatic heterocycles. The van der Waals surface area contributed by atoms with Gasteiger partial charge in [0.1, 0.15) is 0 Å². The van der Waals surface area contributed by atoms with Crippen LogP contribution < -0.4 is 5.73 Å². The quantitative estimate of drug-likeness (QED) is 0.873. The van der Waals surface area contributed by atoms with Crippen LogP contribution in [-0.4, -0.2) is 24.5 Å². The molecule has 0 amide bonds. The summed E-state index contributed by atoms with van der Waals surface area (Å²) in [4.78, 5) is 2.50. The highest BCUT2D eigenvalue weighted by Gasteiger charge is 2.24. The first-order valence-corrected chi connectivity index (χ1v) is 7.21. The molecule has 2 N–H and O–H groups in total. The Hall–Kier alpha value is -0.380. The third-order valence-electron chi connectivity index (χ3n) is 3.79. The zero-order valence-corrected chi connectivity index (χ0v) is 10.9. The van der Waals surface area contributed by atoms with E-state index < -0.39 is 0 Å². The lowest BCUT2D eigenvalue weighted by Gasteiger charge is -2.36. The molecule has 1 aliphatic carbocycles. The highest BCUT2D eigenvalue weighted by molar-refractivity contribution is 7.07. The zero-order valence-electron chi connectivity index (χ0n) is 10.1.